The van der Waals surface area contributed by atoms with Gasteiger partial charge in [-0.3, -0.25) is 5.10 Å². The van der Waals surface area contributed by atoms with E-state index >= 15 is 0 Å². The van der Waals surface area contributed by atoms with Crippen LogP contribution >= 0.6 is 12.2 Å². The molecule has 1 saturated carbocycles. The van der Waals surface area contributed by atoms with Crippen LogP contribution in [0.25, 0.3) is 0 Å². The summed E-state index contributed by atoms with van der Waals surface area (Å²) in [6.07, 6.45) is 3.49. The Bertz CT molecular complexity index is 799. The van der Waals surface area contributed by atoms with Crippen LogP contribution in [-0.4, -0.2) is 34.3 Å². The van der Waals surface area contributed by atoms with E-state index in [1.165, 1.54) is 10.9 Å². The number of hydrogen-bond acceptors (Lipinski definition) is 5. The summed E-state index contributed by atoms with van der Waals surface area (Å²) in [6, 6.07) is 4.86. The zero-order chi connectivity index (χ0) is 17.1. The van der Waals surface area contributed by atoms with Gasteiger partial charge in [0.2, 0.25) is 4.77 Å². The summed E-state index contributed by atoms with van der Waals surface area (Å²) in [5.41, 5.74) is 0.367. The van der Waals surface area contributed by atoms with E-state index in [0.717, 1.165) is 18.7 Å². The van der Waals surface area contributed by atoms with Gasteiger partial charge in [0, 0.05) is 11.5 Å². The predicted octanol–water partition coefficient (Wildman–Crippen LogP) is 3.70. The Kier molecular flexibility index (Phi) is 4.89. The summed E-state index contributed by atoms with van der Waals surface area (Å²) in [5.74, 6) is 1.26. The standard InChI is InChI=1S/C15H16F2N4O2S/c1-2-22-11-5-3-4-10(12(11)23-14(16)17)8-18-21-13(9-6-7-9)19-20-15(21)24/h3-5,8-9,14H,2,6-7H2,1H3,(H,20,24)/b18-8-. The van der Waals surface area contributed by atoms with Crippen molar-refractivity contribution < 1.29 is 18.3 Å². The van der Waals surface area contributed by atoms with Crippen LogP contribution in [0.1, 0.15) is 37.1 Å². The summed E-state index contributed by atoms with van der Waals surface area (Å²) in [6.45, 7) is -0.866. The lowest BCUT2D eigenvalue weighted by atomic mass is 10.2. The van der Waals surface area contributed by atoms with Crippen LogP contribution in [0.15, 0.2) is 23.3 Å². The van der Waals surface area contributed by atoms with Gasteiger partial charge in [-0.25, -0.2) is 0 Å². The molecule has 0 spiro atoms. The van der Waals surface area contributed by atoms with Gasteiger partial charge < -0.3 is 9.47 Å². The lowest BCUT2D eigenvalue weighted by Gasteiger charge is -2.13. The van der Waals surface area contributed by atoms with Crippen molar-refractivity contribution in [3.63, 3.8) is 0 Å². The fourth-order valence-corrected chi connectivity index (χ4v) is 2.45. The van der Waals surface area contributed by atoms with Crippen molar-refractivity contribution in [2.75, 3.05) is 6.61 Å². The van der Waals surface area contributed by atoms with Gasteiger partial charge in [0.15, 0.2) is 17.3 Å². The molecule has 128 valence electrons. The molecule has 2 aromatic rings. The van der Waals surface area contributed by atoms with Gasteiger partial charge in [-0.15, -0.1) is 0 Å². The lowest BCUT2D eigenvalue weighted by Crippen LogP contribution is -2.07. The number of ether oxygens (including phenoxy) is 2. The zero-order valence-electron chi connectivity index (χ0n) is 12.9. The van der Waals surface area contributed by atoms with Gasteiger partial charge in [-0.2, -0.15) is 23.7 Å². The number of nitrogens with zero attached hydrogens (tertiary/aromatic N) is 3. The molecular weight excluding hydrogens is 338 g/mol. The number of H-pyrrole nitrogens is 1. The monoisotopic (exact) mass is 354 g/mol. The maximum absolute atomic E-state index is 12.7. The van der Waals surface area contributed by atoms with E-state index in [-0.39, 0.29) is 11.5 Å². The molecule has 1 aliphatic rings. The van der Waals surface area contributed by atoms with E-state index in [1.54, 1.807) is 25.1 Å². The molecule has 0 bridgehead atoms. The Labute approximate surface area is 142 Å². The normalized spacial score (nSPS) is 14.5. The number of rotatable bonds is 7. The van der Waals surface area contributed by atoms with E-state index in [4.69, 9.17) is 17.0 Å². The molecule has 0 unspecified atom stereocenters. The van der Waals surface area contributed by atoms with Crippen molar-refractivity contribution in [1.82, 2.24) is 14.9 Å². The second-order valence-electron chi connectivity index (χ2n) is 5.20. The molecule has 1 aromatic heterocycles. The molecule has 1 fully saturated rings. The van der Waals surface area contributed by atoms with Crippen molar-refractivity contribution in [2.24, 2.45) is 5.10 Å². The molecule has 0 radical (unpaired) electrons. The first-order valence-corrected chi connectivity index (χ1v) is 7.93. The lowest BCUT2D eigenvalue weighted by molar-refractivity contribution is -0.0515. The first-order valence-electron chi connectivity index (χ1n) is 7.52. The molecule has 0 amide bonds. The summed E-state index contributed by atoms with van der Waals surface area (Å²) in [4.78, 5) is 0. The molecule has 0 aliphatic heterocycles. The minimum absolute atomic E-state index is 0.0546. The van der Waals surface area contributed by atoms with Crippen LogP contribution in [0.4, 0.5) is 8.78 Å². The molecule has 6 nitrogen and oxygen atoms in total. The largest absolute Gasteiger partial charge is 0.490 e. The van der Waals surface area contributed by atoms with Crippen LogP contribution in [0, 0.1) is 4.77 Å². The topological polar surface area (TPSA) is 64.4 Å². The third kappa shape index (κ3) is 3.61. The molecule has 3 rings (SSSR count). The molecular formula is C15H16F2N4O2S. The van der Waals surface area contributed by atoms with Crippen molar-refractivity contribution in [3.05, 3.63) is 34.4 Å². The maximum Gasteiger partial charge on any atom is 0.387 e. The van der Waals surface area contributed by atoms with Crippen LogP contribution in [0.5, 0.6) is 11.5 Å². The maximum atomic E-state index is 12.7. The van der Waals surface area contributed by atoms with Crippen molar-refractivity contribution in [1.29, 1.82) is 0 Å². The van der Waals surface area contributed by atoms with Gasteiger partial charge in [-0.05, 0) is 44.1 Å². The van der Waals surface area contributed by atoms with Gasteiger partial charge >= 0.3 is 6.61 Å². The minimum atomic E-state index is -2.96. The fraction of sp³-hybridized carbons (Fsp3) is 0.400. The Morgan fingerprint density at radius 1 is 1.50 bits per heavy atom. The van der Waals surface area contributed by atoms with E-state index in [9.17, 15) is 8.78 Å². The number of benzene rings is 1. The highest BCUT2D eigenvalue weighted by atomic mass is 32.1. The Balaban J connectivity index is 1.95. The van der Waals surface area contributed by atoms with Crippen LogP contribution < -0.4 is 9.47 Å². The molecule has 0 atom stereocenters. The van der Waals surface area contributed by atoms with Gasteiger partial charge in [0.25, 0.3) is 0 Å². The third-order valence-corrected chi connectivity index (χ3v) is 3.71. The predicted molar refractivity (Wildman–Crippen MR) is 86.6 cm³/mol. The molecule has 1 heterocycles. The van der Waals surface area contributed by atoms with E-state index in [0.29, 0.717) is 22.9 Å². The fourth-order valence-electron chi connectivity index (χ4n) is 2.26. The van der Waals surface area contributed by atoms with Crippen LogP contribution in [0.2, 0.25) is 0 Å². The highest BCUT2D eigenvalue weighted by Crippen LogP contribution is 2.39. The molecule has 0 saturated heterocycles. The summed E-state index contributed by atoms with van der Waals surface area (Å²) < 4.78 is 37.3. The number of alkyl halides is 2. The third-order valence-electron chi connectivity index (χ3n) is 3.45. The second-order valence-corrected chi connectivity index (χ2v) is 5.59. The average Bonchev–Trinajstić information content (AvgIpc) is 3.31. The molecule has 24 heavy (non-hydrogen) atoms. The average molecular weight is 354 g/mol. The summed E-state index contributed by atoms with van der Waals surface area (Å²) >= 11 is 5.16. The van der Waals surface area contributed by atoms with Gasteiger partial charge in [0.05, 0.1) is 12.8 Å². The molecule has 1 N–H and O–H groups in total. The van der Waals surface area contributed by atoms with Crippen molar-refractivity contribution >= 4 is 18.4 Å². The Hall–Kier alpha value is -2.29. The number of aromatic nitrogens is 3. The van der Waals surface area contributed by atoms with Crippen molar-refractivity contribution in [2.45, 2.75) is 32.3 Å². The first kappa shape index (κ1) is 16.6. The Morgan fingerprint density at radius 2 is 2.29 bits per heavy atom. The van der Waals surface area contributed by atoms with Crippen molar-refractivity contribution in [3.8, 4) is 11.5 Å². The minimum Gasteiger partial charge on any atom is -0.490 e. The Morgan fingerprint density at radius 3 is 2.96 bits per heavy atom. The highest BCUT2D eigenvalue weighted by Gasteiger charge is 2.29. The summed E-state index contributed by atoms with van der Waals surface area (Å²) in [7, 11) is 0. The smallest absolute Gasteiger partial charge is 0.387 e. The van der Waals surface area contributed by atoms with E-state index in [1.807, 2.05) is 0 Å². The van der Waals surface area contributed by atoms with Gasteiger partial charge in [-0.1, -0.05) is 6.07 Å². The number of aromatic amines is 1. The van der Waals surface area contributed by atoms with Gasteiger partial charge in [0.1, 0.15) is 0 Å². The molecule has 1 aromatic carbocycles. The van der Waals surface area contributed by atoms with E-state index in [2.05, 4.69) is 20.0 Å². The number of nitrogens with one attached hydrogen (secondary N) is 1. The molecule has 9 heteroatoms. The highest BCUT2D eigenvalue weighted by molar-refractivity contribution is 7.71. The SMILES string of the molecule is CCOc1cccc(/C=N\n2c(C3CC3)n[nH]c2=S)c1OC(F)F. The first-order chi connectivity index (χ1) is 11.6. The zero-order valence-corrected chi connectivity index (χ0v) is 13.7. The van der Waals surface area contributed by atoms with E-state index < -0.39 is 6.61 Å². The number of para-hydroxylation sites is 1. The second kappa shape index (κ2) is 7.08. The van der Waals surface area contributed by atoms with Crippen LogP contribution in [0.3, 0.4) is 0 Å². The molecule has 1 aliphatic carbocycles. The number of halogens is 2. The quantitative estimate of drug-likeness (QED) is 0.608. The number of hydrogen-bond donors (Lipinski definition) is 1. The van der Waals surface area contributed by atoms with Crippen LogP contribution in [-0.2, 0) is 0 Å². The summed E-state index contributed by atoms with van der Waals surface area (Å²) in [5, 5.41) is 11.1.